The van der Waals surface area contributed by atoms with E-state index in [4.69, 9.17) is 4.42 Å². The second kappa shape index (κ2) is 7.83. The molecule has 0 bridgehead atoms. The Morgan fingerprint density at radius 2 is 1.60 bits per heavy atom. The number of nitrogens with one attached hydrogen (secondary N) is 3. The molecule has 0 fully saturated rings. The minimum Gasteiger partial charge on any atom is -0.467 e. The van der Waals surface area contributed by atoms with Gasteiger partial charge in [-0.1, -0.05) is 24.3 Å². The molecular formula is C19H17N3O3. The van der Waals surface area contributed by atoms with Gasteiger partial charge in [0.05, 0.1) is 12.8 Å². The van der Waals surface area contributed by atoms with Crippen molar-refractivity contribution in [3.05, 3.63) is 84.3 Å². The summed E-state index contributed by atoms with van der Waals surface area (Å²) in [7, 11) is 0. The highest BCUT2D eigenvalue weighted by Crippen LogP contribution is 2.16. The van der Waals surface area contributed by atoms with Crippen LogP contribution in [-0.4, -0.2) is 11.9 Å². The van der Waals surface area contributed by atoms with E-state index in [0.29, 0.717) is 29.2 Å². The van der Waals surface area contributed by atoms with Crippen molar-refractivity contribution in [2.45, 2.75) is 6.54 Å². The largest absolute Gasteiger partial charge is 0.467 e. The highest BCUT2D eigenvalue weighted by molar-refractivity contribution is 6.04. The van der Waals surface area contributed by atoms with Crippen molar-refractivity contribution >= 4 is 23.3 Å². The summed E-state index contributed by atoms with van der Waals surface area (Å²) in [5.41, 5.74) is 1.73. The van der Waals surface area contributed by atoms with E-state index in [1.807, 2.05) is 6.07 Å². The molecule has 3 amide bonds. The van der Waals surface area contributed by atoms with Gasteiger partial charge in [0.25, 0.3) is 5.91 Å². The normalized spacial score (nSPS) is 10.1. The molecule has 0 saturated heterocycles. The molecule has 3 N–H and O–H groups in total. The second-order valence-corrected chi connectivity index (χ2v) is 5.29. The van der Waals surface area contributed by atoms with Gasteiger partial charge in [-0.15, -0.1) is 0 Å². The van der Waals surface area contributed by atoms with Gasteiger partial charge in [0.1, 0.15) is 5.76 Å². The summed E-state index contributed by atoms with van der Waals surface area (Å²) >= 11 is 0. The molecule has 1 heterocycles. The third-order valence-electron chi connectivity index (χ3n) is 3.42. The summed E-state index contributed by atoms with van der Waals surface area (Å²) in [5, 5.41) is 8.20. The maximum Gasteiger partial charge on any atom is 0.319 e. The van der Waals surface area contributed by atoms with Crippen molar-refractivity contribution in [3.8, 4) is 0 Å². The van der Waals surface area contributed by atoms with Gasteiger partial charge in [0, 0.05) is 16.9 Å². The SMILES string of the molecule is O=C(NCc1ccco1)Nc1cccc(NC(=O)c2ccccc2)c1. The van der Waals surface area contributed by atoms with Crippen molar-refractivity contribution in [1.82, 2.24) is 5.32 Å². The van der Waals surface area contributed by atoms with E-state index in [9.17, 15) is 9.59 Å². The van der Waals surface area contributed by atoms with Crippen LogP contribution in [-0.2, 0) is 6.54 Å². The Morgan fingerprint density at radius 1 is 0.840 bits per heavy atom. The molecule has 0 unspecified atom stereocenters. The zero-order chi connectivity index (χ0) is 17.5. The molecule has 3 aromatic rings. The molecule has 0 saturated carbocycles. The molecule has 1 aromatic heterocycles. The summed E-state index contributed by atoms with van der Waals surface area (Å²) in [4.78, 5) is 24.1. The molecule has 3 rings (SSSR count). The van der Waals surface area contributed by atoms with Crippen molar-refractivity contribution in [1.29, 1.82) is 0 Å². The Labute approximate surface area is 144 Å². The van der Waals surface area contributed by atoms with Crippen LogP contribution in [0.5, 0.6) is 0 Å². The molecule has 0 atom stereocenters. The standard InChI is InChI=1S/C19H17N3O3/c23-18(14-6-2-1-3-7-14)21-15-8-4-9-16(12-15)22-19(24)20-13-17-10-5-11-25-17/h1-12H,13H2,(H,21,23)(H2,20,22,24). The lowest BCUT2D eigenvalue weighted by Crippen LogP contribution is -2.28. The van der Waals surface area contributed by atoms with Gasteiger partial charge >= 0.3 is 6.03 Å². The van der Waals surface area contributed by atoms with Crippen LogP contribution in [0.3, 0.4) is 0 Å². The highest BCUT2D eigenvalue weighted by atomic mass is 16.3. The van der Waals surface area contributed by atoms with E-state index >= 15 is 0 Å². The Morgan fingerprint density at radius 3 is 2.32 bits per heavy atom. The molecule has 126 valence electrons. The lowest BCUT2D eigenvalue weighted by atomic mass is 10.2. The molecule has 25 heavy (non-hydrogen) atoms. The number of carbonyl (C=O) groups is 2. The monoisotopic (exact) mass is 335 g/mol. The second-order valence-electron chi connectivity index (χ2n) is 5.29. The average molecular weight is 335 g/mol. The topological polar surface area (TPSA) is 83.4 Å². The fourth-order valence-corrected chi connectivity index (χ4v) is 2.22. The Balaban J connectivity index is 1.57. The van der Waals surface area contributed by atoms with E-state index in [2.05, 4.69) is 16.0 Å². The number of hydrogen-bond acceptors (Lipinski definition) is 3. The zero-order valence-corrected chi connectivity index (χ0v) is 13.4. The highest BCUT2D eigenvalue weighted by Gasteiger charge is 2.07. The number of furan rings is 1. The van der Waals surface area contributed by atoms with Gasteiger partial charge in [-0.3, -0.25) is 4.79 Å². The molecule has 6 heteroatoms. The molecule has 2 aromatic carbocycles. The van der Waals surface area contributed by atoms with Crippen molar-refractivity contribution in [2.75, 3.05) is 10.6 Å². The lowest BCUT2D eigenvalue weighted by molar-refractivity contribution is 0.102. The Bertz CT molecular complexity index is 845. The van der Waals surface area contributed by atoms with Gasteiger partial charge in [-0.25, -0.2) is 4.79 Å². The van der Waals surface area contributed by atoms with Gasteiger partial charge in [-0.05, 0) is 42.5 Å². The lowest BCUT2D eigenvalue weighted by Gasteiger charge is -2.09. The first-order valence-electron chi connectivity index (χ1n) is 7.74. The summed E-state index contributed by atoms with van der Waals surface area (Å²) in [5.74, 6) is 0.457. The molecule has 0 aliphatic carbocycles. The predicted octanol–water partition coefficient (Wildman–Crippen LogP) is 3.85. The first-order valence-corrected chi connectivity index (χ1v) is 7.74. The van der Waals surface area contributed by atoms with E-state index in [0.717, 1.165) is 0 Å². The summed E-state index contributed by atoms with van der Waals surface area (Å²) in [6, 6.07) is 19.0. The number of benzene rings is 2. The van der Waals surface area contributed by atoms with Crippen LogP contribution in [0.2, 0.25) is 0 Å². The summed E-state index contributed by atoms with van der Waals surface area (Å²) in [6.07, 6.45) is 1.55. The third-order valence-corrected chi connectivity index (χ3v) is 3.42. The van der Waals surface area contributed by atoms with Crippen LogP contribution in [0.25, 0.3) is 0 Å². The first-order chi connectivity index (χ1) is 12.2. The van der Waals surface area contributed by atoms with Gasteiger partial charge in [0.15, 0.2) is 0 Å². The molecule has 0 aliphatic heterocycles. The molecule has 0 radical (unpaired) electrons. The molecule has 0 aliphatic rings. The fraction of sp³-hybridized carbons (Fsp3) is 0.0526. The van der Waals surface area contributed by atoms with Crippen LogP contribution in [0.4, 0.5) is 16.2 Å². The fourth-order valence-electron chi connectivity index (χ4n) is 2.22. The maximum atomic E-state index is 12.2. The number of amides is 3. The van der Waals surface area contributed by atoms with E-state index in [1.165, 1.54) is 0 Å². The van der Waals surface area contributed by atoms with Crippen LogP contribution in [0, 0.1) is 0 Å². The quantitative estimate of drug-likeness (QED) is 0.662. The Hall–Kier alpha value is -3.54. The summed E-state index contributed by atoms with van der Waals surface area (Å²) in [6.45, 7) is 0.295. The van der Waals surface area contributed by atoms with E-state index in [1.54, 1.807) is 66.9 Å². The number of urea groups is 1. The first kappa shape index (κ1) is 16.3. The van der Waals surface area contributed by atoms with Crippen LogP contribution in [0.15, 0.2) is 77.4 Å². The van der Waals surface area contributed by atoms with Gasteiger partial charge in [0.2, 0.25) is 0 Å². The van der Waals surface area contributed by atoms with Crippen LogP contribution < -0.4 is 16.0 Å². The van der Waals surface area contributed by atoms with E-state index < -0.39 is 0 Å². The van der Waals surface area contributed by atoms with Crippen molar-refractivity contribution in [3.63, 3.8) is 0 Å². The molecule has 0 spiro atoms. The number of anilines is 2. The third kappa shape index (κ3) is 4.71. The molecule has 6 nitrogen and oxygen atoms in total. The summed E-state index contributed by atoms with van der Waals surface area (Å²) < 4.78 is 5.15. The van der Waals surface area contributed by atoms with Gasteiger partial charge < -0.3 is 20.4 Å². The predicted molar refractivity (Wildman–Crippen MR) is 95.4 cm³/mol. The average Bonchev–Trinajstić information content (AvgIpc) is 3.15. The minimum absolute atomic E-state index is 0.208. The number of hydrogen-bond donors (Lipinski definition) is 3. The van der Waals surface area contributed by atoms with Crippen LogP contribution >= 0.6 is 0 Å². The zero-order valence-electron chi connectivity index (χ0n) is 13.4. The minimum atomic E-state index is -0.358. The molecular weight excluding hydrogens is 318 g/mol. The van der Waals surface area contributed by atoms with Gasteiger partial charge in [-0.2, -0.15) is 0 Å². The van der Waals surface area contributed by atoms with Crippen LogP contribution in [0.1, 0.15) is 16.1 Å². The van der Waals surface area contributed by atoms with E-state index in [-0.39, 0.29) is 11.9 Å². The smallest absolute Gasteiger partial charge is 0.319 e. The van der Waals surface area contributed by atoms with Crippen molar-refractivity contribution in [2.24, 2.45) is 0 Å². The maximum absolute atomic E-state index is 12.2. The Kier molecular flexibility index (Phi) is 5.11. The number of carbonyl (C=O) groups excluding carboxylic acids is 2. The number of rotatable bonds is 5. The van der Waals surface area contributed by atoms with Crippen molar-refractivity contribution < 1.29 is 14.0 Å².